The van der Waals surface area contributed by atoms with Crippen molar-refractivity contribution in [1.29, 1.82) is 5.41 Å². The highest BCUT2D eigenvalue weighted by atomic mass is 16.5. The Balaban J connectivity index is 2.18. The summed E-state index contributed by atoms with van der Waals surface area (Å²) in [5, 5.41) is 7.54. The molecule has 1 aromatic rings. The number of likely N-dealkylation sites (N-methyl/N-ethyl adjacent to an activating group) is 1. The largest absolute Gasteiger partial charge is 0.496 e. The lowest BCUT2D eigenvalue weighted by atomic mass is 10.1. The molecule has 1 aromatic carbocycles. The number of rotatable bonds is 5. The Morgan fingerprint density at radius 2 is 2.30 bits per heavy atom. The van der Waals surface area contributed by atoms with Gasteiger partial charge in [-0.2, -0.15) is 0 Å². The van der Waals surface area contributed by atoms with Crippen LogP contribution >= 0.6 is 0 Å². The number of nitrogens with zero attached hydrogens (tertiary/aromatic N) is 1. The van der Waals surface area contributed by atoms with Crippen molar-refractivity contribution in [2.45, 2.75) is 32.0 Å². The van der Waals surface area contributed by atoms with Crippen molar-refractivity contribution in [2.75, 3.05) is 20.8 Å². The first-order chi connectivity index (χ1) is 9.52. The van der Waals surface area contributed by atoms with Gasteiger partial charge in [0.05, 0.1) is 13.2 Å². The van der Waals surface area contributed by atoms with Gasteiger partial charge in [0.25, 0.3) is 0 Å². The Kier molecular flexibility index (Phi) is 4.62. The molecule has 110 valence electrons. The fourth-order valence-electron chi connectivity index (χ4n) is 2.75. The van der Waals surface area contributed by atoms with Crippen molar-refractivity contribution in [3.8, 4) is 5.75 Å². The molecule has 2 unspecified atom stereocenters. The number of nitrogens with two attached hydrogens (primary N) is 1. The molecule has 0 bridgehead atoms. The van der Waals surface area contributed by atoms with Gasteiger partial charge in [0.15, 0.2) is 0 Å². The number of nitrogens with one attached hydrogen (secondary N) is 1. The van der Waals surface area contributed by atoms with Gasteiger partial charge in [-0.15, -0.1) is 0 Å². The van der Waals surface area contributed by atoms with Crippen molar-refractivity contribution >= 4 is 5.84 Å². The standard InChI is InChI=1S/C15H23N3O2/c1-10-13(6-7-20-10)18(2)9-12-8-11(15(16)17)4-5-14(12)19-3/h4-5,8,10,13H,6-7,9H2,1-3H3,(H3,16,17). The predicted octanol–water partition coefficient (Wildman–Crippen LogP) is 1.59. The average Bonchev–Trinajstić information content (AvgIpc) is 2.84. The van der Waals surface area contributed by atoms with Gasteiger partial charge in [-0.25, -0.2) is 0 Å². The summed E-state index contributed by atoms with van der Waals surface area (Å²) in [4.78, 5) is 2.28. The monoisotopic (exact) mass is 277 g/mol. The van der Waals surface area contributed by atoms with Crippen molar-refractivity contribution in [1.82, 2.24) is 4.90 Å². The fraction of sp³-hybridized carbons (Fsp3) is 0.533. The summed E-state index contributed by atoms with van der Waals surface area (Å²) in [5.41, 5.74) is 7.33. The van der Waals surface area contributed by atoms with E-state index in [2.05, 4.69) is 18.9 Å². The van der Waals surface area contributed by atoms with E-state index in [1.807, 2.05) is 18.2 Å². The van der Waals surface area contributed by atoms with Gasteiger partial charge in [-0.05, 0) is 38.6 Å². The van der Waals surface area contributed by atoms with Gasteiger partial charge in [-0.1, -0.05) is 0 Å². The Morgan fingerprint density at radius 1 is 1.55 bits per heavy atom. The number of hydrogen-bond donors (Lipinski definition) is 2. The van der Waals surface area contributed by atoms with E-state index >= 15 is 0 Å². The SMILES string of the molecule is COc1ccc(C(=N)N)cc1CN(C)C1CCOC1C. The zero-order valence-electron chi connectivity index (χ0n) is 12.3. The van der Waals surface area contributed by atoms with Crippen LogP contribution in [0.15, 0.2) is 18.2 Å². The second-order valence-corrected chi connectivity index (χ2v) is 5.29. The Labute approximate surface area is 120 Å². The molecule has 2 atom stereocenters. The van der Waals surface area contributed by atoms with Crippen molar-refractivity contribution in [3.05, 3.63) is 29.3 Å². The van der Waals surface area contributed by atoms with Crippen molar-refractivity contribution < 1.29 is 9.47 Å². The molecular weight excluding hydrogens is 254 g/mol. The van der Waals surface area contributed by atoms with Gasteiger partial charge >= 0.3 is 0 Å². The van der Waals surface area contributed by atoms with Crippen LogP contribution in [0.2, 0.25) is 0 Å². The first-order valence-corrected chi connectivity index (χ1v) is 6.86. The lowest BCUT2D eigenvalue weighted by Crippen LogP contribution is -2.36. The van der Waals surface area contributed by atoms with Crippen LogP contribution in [-0.2, 0) is 11.3 Å². The summed E-state index contributed by atoms with van der Waals surface area (Å²) in [6.45, 7) is 3.68. The molecule has 1 fully saturated rings. The van der Waals surface area contributed by atoms with Crippen LogP contribution in [0.25, 0.3) is 0 Å². The minimum atomic E-state index is 0.0779. The molecule has 0 saturated carbocycles. The molecule has 20 heavy (non-hydrogen) atoms. The molecule has 3 N–H and O–H groups in total. The first-order valence-electron chi connectivity index (χ1n) is 6.86. The maximum atomic E-state index is 7.54. The predicted molar refractivity (Wildman–Crippen MR) is 79.3 cm³/mol. The smallest absolute Gasteiger partial charge is 0.123 e. The van der Waals surface area contributed by atoms with E-state index in [1.54, 1.807) is 7.11 Å². The second kappa shape index (κ2) is 6.24. The average molecular weight is 277 g/mol. The van der Waals surface area contributed by atoms with Crippen LogP contribution in [-0.4, -0.2) is 43.6 Å². The molecule has 2 rings (SSSR count). The van der Waals surface area contributed by atoms with E-state index in [4.69, 9.17) is 20.6 Å². The first kappa shape index (κ1) is 14.8. The summed E-state index contributed by atoms with van der Waals surface area (Å²) in [5.74, 6) is 0.905. The number of benzene rings is 1. The summed E-state index contributed by atoms with van der Waals surface area (Å²) < 4.78 is 11.0. The molecular formula is C15H23N3O2. The third-order valence-corrected chi connectivity index (χ3v) is 3.91. The zero-order chi connectivity index (χ0) is 14.7. The van der Waals surface area contributed by atoms with E-state index in [0.29, 0.717) is 6.04 Å². The normalized spacial score (nSPS) is 22.2. The highest BCUT2D eigenvalue weighted by molar-refractivity contribution is 5.95. The van der Waals surface area contributed by atoms with Gasteiger partial charge in [0, 0.05) is 30.3 Å². The van der Waals surface area contributed by atoms with Crippen LogP contribution in [0.4, 0.5) is 0 Å². The number of amidine groups is 1. The minimum absolute atomic E-state index is 0.0779. The molecule has 1 aliphatic rings. The molecule has 0 aromatic heterocycles. The van der Waals surface area contributed by atoms with Crippen LogP contribution in [0, 0.1) is 5.41 Å². The number of hydrogen-bond acceptors (Lipinski definition) is 4. The third kappa shape index (κ3) is 3.11. The number of methoxy groups -OCH3 is 1. The third-order valence-electron chi connectivity index (χ3n) is 3.91. The van der Waals surface area contributed by atoms with Crippen molar-refractivity contribution in [2.24, 2.45) is 5.73 Å². The van der Waals surface area contributed by atoms with Gasteiger partial charge in [0.2, 0.25) is 0 Å². The maximum absolute atomic E-state index is 7.54. The Morgan fingerprint density at radius 3 is 2.85 bits per heavy atom. The highest BCUT2D eigenvalue weighted by Gasteiger charge is 2.28. The van der Waals surface area contributed by atoms with Gasteiger partial charge in [-0.3, -0.25) is 10.3 Å². The number of ether oxygens (including phenoxy) is 2. The lowest BCUT2D eigenvalue weighted by molar-refractivity contribution is 0.0811. The van der Waals surface area contributed by atoms with Crippen LogP contribution < -0.4 is 10.5 Å². The van der Waals surface area contributed by atoms with E-state index in [9.17, 15) is 0 Å². The topological polar surface area (TPSA) is 71.6 Å². The van der Waals surface area contributed by atoms with Gasteiger partial charge < -0.3 is 15.2 Å². The van der Waals surface area contributed by atoms with E-state index < -0.39 is 0 Å². The summed E-state index contributed by atoms with van der Waals surface area (Å²) in [7, 11) is 3.75. The van der Waals surface area contributed by atoms with Crippen LogP contribution in [0.1, 0.15) is 24.5 Å². The fourth-order valence-corrected chi connectivity index (χ4v) is 2.75. The Bertz CT molecular complexity index is 490. The lowest BCUT2D eigenvalue weighted by Gasteiger charge is -2.27. The molecule has 0 aliphatic carbocycles. The van der Waals surface area contributed by atoms with E-state index in [0.717, 1.165) is 36.4 Å². The molecule has 0 amide bonds. The highest BCUT2D eigenvalue weighted by Crippen LogP contribution is 2.25. The molecule has 0 radical (unpaired) electrons. The molecule has 5 nitrogen and oxygen atoms in total. The molecule has 1 aliphatic heterocycles. The summed E-state index contributed by atoms with van der Waals surface area (Å²) in [6.07, 6.45) is 1.30. The summed E-state index contributed by atoms with van der Waals surface area (Å²) >= 11 is 0. The Hall–Kier alpha value is -1.59. The van der Waals surface area contributed by atoms with Crippen LogP contribution in [0.3, 0.4) is 0 Å². The molecule has 5 heteroatoms. The second-order valence-electron chi connectivity index (χ2n) is 5.29. The quantitative estimate of drug-likeness (QED) is 0.633. The zero-order valence-corrected chi connectivity index (χ0v) is 12.3. The molecule has 1 heterocycles. The summed E-state index contributed by atoms with van der Waals surface area (Å²) in [6, 6.07) is 6.03. The van der Waals surface area contributed by atoms with Crippen LogP contribution in [0.5, 0.6) is 5.75 Å². The molecule has 0 spiro atoms. The van der Waals surface area contributed by atoms with E-state index in [1.165, 1.54) is 0 Å². The van der Waals surface area contributed by atoms with E-state index in [-0.39, 0.29) is 11.9 Å². The number of nitrogen functional groups attached to an aromatic ring is 1. The maximum Gasteiger partial charge on any atom is 0.123 e. The molecule has 1 saturated heterocycles. The van der Waals surface area contributed by atoms with Gasteiger partial charge in [0.1, 0.15) is 11.6 Å². The van der Waals surface area contributed by atoms with Crippen molar-refractivity contribution in [3.63, 3.8) is 0 Å². The minimum Gasteiger partial charge on any atom is -0.496 e.